The molecule has 2 aromatic carbocycles. The highest BCUT2D eigenvalue weighted by molar-refractivity contribution is 5.89. The Bertz CT molecular complexity index is 960. The maximum atomic E-state index is 12.2. The lowest BCUT2D eigenvalue weighted by molar-refractivity contribution is 0.0930. The highest BCUT2D eigenvalue weighted by Crippen LogP contribution is 2.14. The quantitative estimate of drug-likeness (QED) is 0.492. The van der Waals surface area contributed by atoms with Crippen LogP contribution < -0.4 is 15.4 Å². The predicted molar refractivity (Wildman–Crippen MR) is 115 cm³/mol. The molecule has 0 atom stereocenters. The molecule has 0 aliphatic rings. The number of furan rings is 1. The summed E-state index contributed by atoms with van der Waals surface area (Å²) in [7, 11) is 0. The molecule has 154 valence electrons. The van der Waals surface area contributed by atoms with Crippen LogP contribution in [0.1, 0.15) is 16.9 Å². The number of carbonyl (C=O) groups is 1. The summed E-state index contributed by atoms with van der Waals surface area (Å²) >= 11 is 0. The largest absolute Gasteiger partial charge is 0.481 e. The molecular weight excluding hydrogens is 380 g/mol. The first-order valence-electron chi connectivity index (χ1n) is 9.62. The summed E-state index contributed by atoms with van der Waals surface area (Å²) in [5.74, 6) is 3.94. The van der Waals surface area contributed by atoms with E-state index in [0.29, 0.717) is 31.9 Å². The van der Waals surface area contributed by atoms with E-state index in [0.717, 1.165) is 22.6 Å². The summed E-state index contributed by atoms with van der Waals surface area (Å²) in [5, 5.41) is 5.70. The number of urea groups is 1. The standard InChI is InChI=1S/C24H24N2O4/c1-2-14-29-22-10-8-19(9-11-22)12-13-25-24(27)26-21-6-3-5-20(16-21)17-28-18-23-7-4-15-30-23/h1,3-11,15-16H,12-14,17-18H2,(H2,25,26,27). The number of rotatable bonds is 10. The summed E-state index contributed by atoms with van der Waals surface area (Å²) in [6, 6.07) is 18.6. The van der Waals surface area contributed by atoms with Crippen molar-refractivity contribution in [1.82, 2.24) is 5.32 Å². The number of anilines is 1. The van der Waals surface area contributed by atoms with Gasteiger partial charge in [0.1, 0.15) is 24.7 Å². The van der Waals surface area contributed by atoms with E-state index in [1.54, 1.807) is 6.26 Å². The molecule has 2 amide bonds. The Morgan fingerprint density at radius 2 is 1.90 bits per heavy atom. The van der Waals surface area contributed by atoms with Crippen LogP contribution in [0.2, 0.25) is 0 Å². The Kier molecular flexibility index (Phi) is 7.95. The number of hydrogen-bond donors (Lipinski definition) is 2. The van der Waals surface area contributed by atoms with Gasteiger partial charge in [-0.1, -0.05) is 30.2 Å². The van der Waals surface area contributed by atoms with Crippen molar-refractivity contribution in [1.29, 1.82) is 0 Å². The van der Waals surface area contributed by atoms with E-state index in [9.17, 15) is 4.79 Å². The Morgan fingerprint density at radius 1 is 1.03 bits per heavy atom. The van der Waals surface area contributed by atoms with Gasteiger partial charge in [-0.3, -0.25) is 0 Å². The van der Waals surface area contributed by atoms with Crippen molar-refractivity contribution in [3.8, 4) is 18.1 Å². The highest BCUT2D eigenvalue weighted by Gasteiger charge is 2.04. The van der Waals surface area contributed by atoms with E-state index >= 15 is 0 Å². The maximum Gasteiger partial charge on any atom is 0.319 e. The molecule has 0 aliphatic heterocycles. The SMILES string of the molecule is C#CCOc1ccc(CCNC(=O)Nc2cccc(COCc3ccco3)c2)cc1. The van der Waals surface area contributed by atoms with Crippen molar-refractivity contribution in [3.05, 3.63) is 83.8 Å². The second-order valence-corrected chi connectivity index (χ2v) is 6.54. The number of benzene rings is 2. The van der Waals surface area contributed by atoms with Gasteiger partial charge in [0.25, 0.3) is 0 Å². The fourth-order valence-electron chi connectivity index (χ4n) is 2.78. The lowest BCUT2D eigenvalue weighted by Crippen LogP contribution is -2.30. The summed E-state index contributed by atoms with van der Waals surface area (Å²) in [5.41, 5.74) is 2.77. The molecule has 3 aromatic rings. The van der Waals surface area contributed by atoms with Gasteiger partial charge in [0.2, 0.25) is 0 Å². The fourth-order valence-corrected chi connectivity index (χ4v) is 2.78. The molecule has 30 heavy (non-hydrogen) atoms. The highest BCUT2D eigenvalue weighted by atomic mass is 16.5. The third-order valence-corrected chi connectivity index (χ3v) is 4.22. The molecule has 3 rings (SSSR count). The molecule has 0 bridgehead atoms. The minimum Gasteiger partial charge on any atom is -0.481 e. The van der Waals surface area contributed by atoms with E-state index in [-0.39, 0.29) is 12.6 Å². The molecule has 0 saturated carbocycles. The van der Waals surface area contributed by atoms with E-state index in [4.69, 9.17) is 20.3 Å². The van der Waals surface area contributed by atoms with Crippen LogP contribution >= 0.6 is 0 Å². The van der Waals surface area contributed by atoms with Crippen LogP contribution in [0.25, 0.3) is 0 Å². The number of nitrogens with one attached hydrogen (secondary N) is 2. The van der Waals surface area contributed by atoms with Gasteiger partial charge in [0.05, 0.1) is 12.9 Å². The molecule has 6 nitrogen and oxygen atoms in total. The summed E-state index contributed by atoms with van der Waals surface area (Å²) in [4.78, 5) is 12.2. The van der Waals surface area contributed by atoms with E-state index < -0.39 is 0 Å². The average molecular weight is 404 g/mol. The molecule has 6 heteroatoms. The monoisotopic (exact) mass is 404 g/mol. The third kappa shape index (κ3) is 7.04. The van der Waals surface area contributed by atoms with Crippen molar-refractivity contribution >= 4 is 11.7 Å². The van der Waals surface area contributed by atoms with Crippen molar-refractivity contribution in [2.75, 3.05) is 18.5 Å². The molecule has 1 aromatic heterocycles. The van der Waals surface area contributed by atoms with Crippen LogP contribution in [0, 0.1) is 12.3 Å². The van der Waals surface area contributed by atoms with Gasteiger partial charge in [-0.15, -0.1) is 6.42 Å². The van der Waals surface area contributed by atoms with Gasteiger partial charge < -0.3 is 24.5 Å². The smallest absolute Gasteiger partial charge is 0.319 e. The first kappa shape index (κ1) is 21.0. The third-order valence-electron chi connectivity index (χ3n) is 4.22. The predicted octanol–water partition coefficient (Wildman–Crippen LogP) is 4.37. The summed E-state index contributed by atoms with van der Waals surface area (Å²) in [6.45, 7) is 1.60. The Labute approximate surface area is 176 Å². The first-order valence-corrected chi connectivity index (χ1v) is 9.62. The van der Waals surface area contributed by atoms with Crippen molar-refractivity contribution in [2.45, 2.75) is 19.6 Å². The average Bonchev–Trinajstić information content (AvgIpc) is 3.27. The van der Waals surface area contributed by atoms with E-state index in [1.165, 1.54) is 0 Å². The molecular formula is C24H24N2O4. The van der Waals surface area contributed by atoms with Gasteiger partial charge >= 0.3 is 6.03 Å². The molecule has 0 unspecified atom stereocenters. The molecule has 2 N–H and O–H groups in total. The number of hydrogen-bond acceptors (Lipinski definition) is 4. The first-order chi connectivity index (χ1) is 14.7. The number of ether oxygens (including phenoxy) is 2. The van der Waals surface area contributed by atoms with Crippen LogP contribution in [0.4, 0.5) is 10.5 Å². The normalized spacial score (nSPS) is 10.2. The second kappa shape index (κ2) is 11.3. The maximum absolute atomic E-state index is 12.2. The lowest BCUT2D eigenvalue weighted by Gasteiger charge is -2.10. The zero-order valence-electron chi connectivity index (χ0n) is 16.6. The minimum atomic E-state index is -0.252. The number of carbonyl (C=O) groups excluding carboxylic acids is 1. The fraction of sp³-hybridized carbons (Fsp3) is 0.208. The van der Waals surface area contributed by atoms with Crippen LogP contribution in [0.15, 0.2) is 71.3 Å². The molecule has 1 heterocycles. The molecule has 0 radical (unpaired) electrons. The van der Waals surface area contributed by atoms with Crippen molar-refractivity contribution in [3.63, 3.8) is 0 Å². The zero-order chi connectivity index (χ0) is 21.0. The second-order valence-electron chi connectivity index (χ2n) is 6.54. The minimum absolute atomic E-state index is 0.248. The topological polar surface area (TPSA) is 72.7 Å². The lowest BCUT2D eigenvalue weighted by atomic mass is 10.1. The number of terminal acetylenes is 1. The van der Waals surface area contributed by atoms with E-state index in [1.807, 2.05) is 60.7 Å². The van der Waals surface area contributed by atoms with Gasteiger partial charge in [-0.05, 0) is 53.9 Å². The van der Waals surface area contributed by atoms with Gasteiger partial charge in [-0.25, -0.2) is 4.79 Å². The van der Waals surface area contributed by atoms with Crippen molar-refractivity contribution < 1.29 is 18.7 Å². The zero-order valence-corrected chi connectivity index (χ0v) is 16.6. The van der Waals surface area contributed by atoms with Crippen molar-refractivity contribution in [2.24, 2.45) is 0 Å². The van der Waals surface area contributed by atoms with Gasteiger partial charge in [0, 0.05) is 12.2 Å². The van der Waals surface area contributed by atoms with Crippen LogP contribution in [0.5, 0.6) is 5.75 Å². The molecule has 0 spiro atoms. The van der Waals surface area contributed by atoms with E-state index in [2.05, 4.69) is 16.6 Å². The molecule has 0 saturated heterocycles. The summed E-state index contributed by atoms with van der Waals surface area (Å²) in [6.07, 6.45) is 7.50. The Balaban J connectivity index is 1.38. The Morgan fingerprint density at radius 3 is 2.67 bits per heavy atom. The number of amides is 2. The molecule has 0 aliphatic carbocycles. The molecule has 0 fully saturated rings. The summed E-state index contributed by atoms with van der Waals surface area (Å²) < 4.78 is 16.2. The van der Waals surface area contributed by atoms with Gasteiger partial charge in [-0.2, -0.15) is 0 Å². The van der Waals surface area contributed by atoms with Crippen LogP contribution in [-0.4, -0.2) is 19.2 Å². The van der Waals surface area contributed by atoms with Gasteiger partial charge in [0.15, 0.2) is 0 Å². The Hall–Kier alpha value is -3.69. The van der Waals surface area contributed by atoms with Crippen LogP contribution in [0.3, 0.4) is 0 Å². The van der Waals surface area contributed by atoms with Crippen LogP contribution in [-0.2, 0) is 24.4 Å².